The van der Waals surface area contributed by atoms with Crippen molar-refractivity contribution in [2.24, 2.45) is 5.92 Å². The second-order valence-corrected chi connectivity index (χ2v) is 10.5. The van der Waals surface area contributed by atoms with Gasteiger partial charge in [0.15, 0.2) is 5.78 Å². The number of Topliss-reactive ketones (excluding diaryl/α,β-unsaturated/α-hetero) is 1. The highest BCUT2D eigenvalue weighted by molar-refractivity contribution is 7.89. The van der Waals surface area contributed by atoms with Crippen molar-refractivity contribution in [1.82, 2.24) is 14.5 Å². The summed E-state index contributed by atoms with van der Waals surface area (Å²) in [6.45, 7) is 14.6. The third-order valence-corrected chi connectivity index (χ3v) is 8.19. The standard InChI is InChI=1S/C22H35N3O4S/c1-14(2)21(19(7)26)23-20(27)13-24-8-10-25(11-9-24)30(28,29)22-17(5)15(3)12-16(4)18(22)6/h12,14,21H,8-11,13H2,1-7H3,(H,23,27)/t21-/m1/s1. The fourth-order valence-corrected chi connectivity index (χ4v) is 5.98. The Balaban J connectivity index is 2.06. The number of piperazine rings is 1. The quantitative estimate of drug-likeness (QED) is 0.705. The molecule has 0 bridgehead atoms. The topological polar surface area (TPSA) is 86.8 Å². The van der Waals surface area contributed by atoms with Gasteiger partial charge in [-0.3, -0.25) is 14.5 Å². The maximum absolute atomic E-state index is 13.3. The molecule has 1 N–H and O–H groups in total. The van der Waals surface area contributed by atoms with Crippen molar-refractivity contribution in [1.29, 1.82) is 0 Å². The van der Waals surface area contributed by atoms with E-state index in [0.29, 0.717) is 31.1 Å². The zero-order valence-electron chi connectivity index (χ0n) is 19.2. The minimum atomic E-state index is -3.60. The van der Waals surface area contributed by atoms with Crippen LogP contribution in [0.15, 0.2) is 11.0 Å². The van der Waals surface area contributed by atoms with Gasteiger partial charge in [-0.25, -0.2) is 8.42 Å². The van der Waals surface area contributed by atoms with Crippen molar-refractivity contribution in [3.05, 3.63) is 28.3 Å². The lowest BCUT2D eigenvalue weighted by atomic mass is 10.0. The van der Waals surface area contributed by atoms with E-state index in [1.165, 1.54) is 11.2 Å². The van der Waals surface area contributed by atoms with Crippen molar-refractivity contribution >= 4 is 21.7 Å². The molecule has 1 fully saturated rings. The van der Waals surface area contributed by atoms with Gasteiger partial charge < -0.3 is 5.32 Å². The van der Waals surface area contributed by atoms with Gasteiger partial charge in [0, 0.05) is 26.2 Å². The number of hydrogen-bond acceptors (Lipinski definition) is 5. The van der Waals surface area contributed by atoms with Crippen molar-refractivity contribution in [3.63, 3.8) is 0 Å². The van der Waals surface area contributed by atoms with E-state index in [1.54, 1.807) is 0 Å². The molecule has 1 aliphatic heterocycles. The first kappa shape index (κ1) is 24.5. The van der Waals surface area contributed by atoms with Gasteiger partial charge in [-0.1, -0.05) is 19.9 Å². The number of sulfonamides is 1. The number of carbonyl (C=O) groups is 2. The Kier molecular flexibility index (Phi) is 7.82. The lowest BCUT2D eigenvalue weighted by Crippen LogP contribution is -2.53. The molecule has 8 heteroatoms. The predicted molar refractivity (Wildman–Crippen MR) is 118 cm³/mol. The second kappa shape index (κ2) is 9.58. The normalized spacial score (nSPS) is 17.2. The highest BCUT2D eigenvalue weighted by Gasteiger charge is 2.32. The fraction of sp³-hybridized carbons (Fsp3) is 0.636. The van der Waals surface area contributed by atoms with Gasteiger partial charge in [-0.05, 0) is 62.8 Å². The van der Waals surface area contributed by atoms with Gasteiger partial charge in [0.05, 0.1) is 17.5 Å². The largest absolute Gasteiger partial charge is 0.345 e. The molecule has 1 aromatic carbocycles. The first-order valence-corrected chi connectivity index (χ1v) is 11.9. The van der Waals surface area contributed by atoms with Crippen molar-refractivity contribution in [2.45, 2.75) is 59.4 Å². The van der Waals surface area contributed by atoms with Crippen LogP contribution < -0.4 is 5.32 Å². The molecular formula is C22H35N3O4S. The monoisotopic (exact) mass is 437 g/mol. The number of amides is 1. The summed E-state index contributed by atoms with van der Waals surface area (Å²) in [5.41, 5.74) is 3.53. The Morgan fingerprint density at radius 3 is 1.93 bits per heavy atom. The molecule has 7 nitrogen and oxygen atoms in total. The van der Waals surface area contributed by atoms with Crippen LogP contribution in [0, 0.1) is 33.6 Å². The number of benzene rings is 1. The third-order valence-electron chi connectivity index (χ3n) is 6.01. The number of hydrogen-bond donors (Lipinski definition) is 1. The summed E-state index contributed by atoms with van der Waals surface area (Å²) in [6.07, 6.45) is 0. The van der Waals surface area contributed by atoms with Crippen LogP contribution in [0.1, 0.15) is 43.0 Å². The van der Waals surface area contributed by atoms with E-state index in [2.05, 4.69) is 5.32 Å². The molecule has 30 heavy (non-hydrogen) atoms. The van der Waals surface area contributed by atoms with E-state index < -0.39 is 16.1 Å². The van der Waals surface area contributed by atoms with Crippen molar-refractivity contribution in [2.75, 3.05) is 32.7 Å². The molecule has 2 rings (SSSR count). The Hall–Kier alpha value is -1.77. The number of aryl methyl sites for hydroxylation is 2. The Morgan fingerprint density at radius 1 is 1.00 bits per heavy atom. The summed E-state index contributed by atoms with van der Waals surface area (Å²) in [6, 6.07) is 1.53. The molecule has 168 valence electrons. The zero-order valence-corrected chi connectivity index (χ0v) is 20.0. The summed E-state index contributed by atoms with van der Waals surface area (Å²) in [5, 5.41) is 2.80. The van der Waals surface area contributed by atoms with Gasteiger partial charge in [-0.2, -0.15) is 4.31 Å². The van der Waals surface area contributed by atoms with E-state index >= 15 is 0 Å². The minimum absolute atomic E-state index is 0.0257. The molecule has 0 spiro atoms. The molecule has 0 aromatic heterocycles. The van der Waals surface area contributed by atoms with Crippen LogP contribution in [0.3, 0.4) is 0 Å². The van der Waals surface area contributed by atoms with E-state index in [9.17, 15) is 18.0 Å². The first-order chi connectivity index (χ1) is 13.9. The molecule has 1 saturated heterocycles. The van der Waals surface area contributed by atoms with Crippen molar-refractivity contribution < 1.29 is 18.0 Å². The van der Waals surface area contributed by atoms with E-state index in [0.717, 1.165) is 22.3 Å². The van der Waals surface area contributed by atoms with Gasteiger partial charge >= 0.3 is 0 Å². The molecule has 0 unspecified atom stereocenters. The molecule has 0 aliphatic carbocycles. The van der Waals surface area contributed by atoms with E-state index in [4.69, 9.17) is 0 Å². The molecule has 1 aliphatic rings. The van der Waals surface area contributed by atoms with Gasteiger partial charge in [-0.15, -0.1) is 0 Å². The number of carbonyl (C=O) groups excluding carboxylic acids is 2. The molecule has 1 amide bonds. The van der Waals surface area contributed by atoms with Crippen LogP contribution in [0.5, 0.6) is 0 Å². The number of nitrogens with one attached hydrogen (secondary N) is 1. The highest BCUT2D eigenvalue weighted by atomic mass is 32.2. The fourth-order valence-electron chi connectivity index (χ4n) is 3.98. The average molecular weight is 438 g/mol. The van der Waals surface area contributed by atoms with Crippen LogP contribution in [0.2, 0.25) is 0 Å². The lowest BCUT2D eigenvalue weighted by Gasteiger charge is -2.34. The van der Waals surface area contributed by atoms with Crippen LogP contribution in [-0.2, 0) is 19.6 Å². The molecule has 0 saturated carbocycles. The average Bonchev–Trinajstić information content (AvgIpc) is 2.64. The summed E-state index contributed by atoms with van der Waals surface area (Å²) >= 11 is 0. The first-order valence-electron chi connectivity index (χ1n) is 10.5. The number of rotatable bonds is 7. The number of nitrogens with zero attached hydrogens (tertiary/aromatic N) is 2. The molecule has 0 radical (unpaired) electrons. The highest BCUT2D eigenvalue weighted by Crippen LogP contribution is 2.29. The Labute approximate surface area is 180 Å². The third kappa shape index (κ3) is 5.28. The van der Waals surface area contributed by atoms with Gasteiger partial charge in [0.2, 0.25) is 15.9 Å². The molecule has 1 aromatic rings. The minimum Gasteiger partial charge on any atom is -0.345 e. The van der Waals surface area contributed by atoms with Crippen LogP contribution in [0.4, 0.5) is 0 Å². The van der Waals surface area contributed by atoms with Crippen LogP contribution in [-0.4, -0.2) is 68.1 Å². The lowest BCUT2D eigenvalue weighted by molar-refractivity contribution is -0.128. The SMILES string of the molecule is CC(=O)[C@H](NC(=O)CN1CCN(S(=O)(=O)c2c(C)c(C)cc(C)c2C)CC1)C(C)C. The van der Waals surface area contributed by atoms with Crippen molar-refractivity contribution in [3.8, 4) is 0 Å². The summed E-state index contributed by atoms with van der Waals surface area (Å²) in [7, 11) is -3.60. The Morgan fingerprint density at radius 2 is 1.50 bits per heavy atom. The molecule has 1 heterocycles. The smallest absolute Gasteiger partial charge is 0.243 e. The number of ketones is 1. The zero-order chi connectivity index (χ0) is 22.8. The van der Waals surface area contributed by atoms with E-state index in [-0.39, 0.29) is 24.2 Å². The summed E-state index contributed by atoms with van der Waals surface area (Å²) < 4.78 is 28.2. The van der Waals surface area contributed by atoms with Crippen LogP contribution >= 0.6 is 0 Å². The van der Waals surface area contributed by atoms with Crippen LogP contribution in [0.25, 0.3) is 0 Å². The second-order valence-electron chi connectivity index (χ2n) is 8.67. The summed E-state index contributed by atoms with van der Waals surface area (Å²) in [5.74, 6) is -0.243. The summed E-state index contributed by atoms with van der Waals surface area (Å²) in [4.78, 5) is 26.4. The van der Waals surface area contributed by atoms with Gasteiger partial charge in [0.25, 0.3) is 0 Å². The molecular weight excluding hydrogens is 402 g/mol. The Bertz CT molecular complexity index is 891. The van der Waals surface area contributed by atoms with E-state index in [1.807, 2.05) is 52.5 Å². The maximum Gasteiger partial charge on any atom is 0.243 e. The molecule has 1 atom stereocenters. The van der Waals surface area contributed by atoms with Gasteiger partial charge in [0.1, 0.15) is 0 Å². The predicted octanol–water partition coefficient (Wildman–Crippen LogP) is 1.96. The maximum atomic E-state index is 13.3.